The summed E-state index contributed by atoms with van der Waals surface area (Å²) < 4.78 is 27.6. The molecular weight excluding hydrogens is 490 g/mol. The van der Waals surface area contributed by atoms with Crippen molar-refractivity contribution in [3.05, 3.63) is 70.8 Å². The van der Waals surface area contributed by atoms with E-state index >= 15 is 0 Å². The van der Waals surface area contributed by atoms with Crippen LogP contribution in [0.25, 0.3) is 0 Å². The molecule has 1 aliphatic heterocycles. The number of nitrogens with one attached hydrogen (secondary N) is 2. The fourth-order valence-corrected chi connectivity index (χ4v) is 4.67. The summed E-state index contributed by atoms with van der Waals surface area (Å²) in [6.45, 7) is 6.92. The zero-order valence-corrected chi connectivity index (χ0v) is 22.4. The summed E-state index contributed by atoms with van der Waals surface area (Å²) in [5.41, 5.74) is 2.63. The minimum absolute atomic E-state index is 0.000614. The standard InChI is InChI=1S/C29H40F2N4O3/c1-3-5-9-35-11-10-34(20-29(35)38)19-28(37)33-26(15-23-13-24(30)16-25(31)14-23)27(36)18-32-17-22-8-6-7-21(4-2)12-22/h6-8,12-14,16,26-27,32,36H,3-5,9-11,15,17-20H2,1-2H3,(H,33,37)/t26-,27+/m0/s1. The molecule has 3 rings (SSSR count). The summed E-state index contributed by atoms with van der Waals surface area (Å²) in [7, 11) is 0. The number of rotatable bonds is 14. The van der Waals surface area contributed by atoms with Crippen molar-refractivity contribution in [3.63, 3.8) is 0 Å². The van der Waals surface area contributed by atoms with Gasteiger partial charge in [0.25, 0.3) is 0 Å². The monoisotopic (exact) mass is 530 g/mol. The lowest BCUT2D eigenvalue weighted by Gasteiger charge is -2.34. The number of carbonyl (C=O) groups is 2. The molecule has 2 atom stereocenters. The van der Waals surface area contributed by atoms with Crippen LogP contribution in [0.2, 0.25) is 0 Å². The first kappa shape index (κ1) is 29.7. The van der Waals surface area contributed by atoms with Crippen LogP contribution in [-0.2, 0) is 29.0 Å². The average molecular weight is 531 g/mol. The largest absolute Gasteiger partial charge is 0.390 e. The van der Waals surface area contributed by atoms with E-state index < -0.39 is 23.8 Å². The molecule has 2 amide bonds. The Morgan fingerprint density at radius 1 is 1.05 bits per heavy atom. The van der Waals surface area contributed by atoms with Gasteiger partial charge in [0.05, 0.1) is 25.2 Å². The molecule has 0 unspecified atom stereocenters. The Morgan fingerprint density at radius 3 is 2.47 bits per heavy atom. The predicted octanol–water partition coefficient (Wildman–Crippen LogP) is 2.65. The molecule has 0 bridgehead atoms. The molecule has 1 heterocycles. The summed E-state index contributed by atoms with van der Waals surface area (Å²) in [6.07, 6.45) is 1.93. The summed E-state index contributed by atoms with van der Waals surface area (Å²) in [5, 5.41) is 17.0. The van der Waals surface area contributed by atoms with Crippen LogP contribution in [0, 0.1) is 11.6 Å². The molecule has 1 saturated heterocycles. The van der Waals surface area contributed by atoms with Gasteiger partial charge in [0.1, 0.15) is 11.6 Å². The van der Waals surface area contributed by atoms with Crippen molar-refractivity contribution in [3.8, 4) is 0 Å². The lowest BCUT2D eigenvalue weighted by molar-refractivity contribution is -0.137. The Morgan fingerprint density at radius 2 is 1.79 bits per heavy atom. The van der Waals surface area contributed by atoms with Gasteiger partial charge in [0.15, 0.2) is 0 Å². The molecule has 2 aromatic carbocycles. The third-order valence-electron chi connectivity index (χ3n) is 6.82. The number of aryl methyl sites for hydroxylation is 1. The maximum absolute atomic E-state index is 13.8. The molecule has 208 valence electrons. The van der Waals surface area contributed by atoms with Gasteiger partial charge in [0.2, 0.25) is 11.8 Å². The van der Waals surface area contributed by atoms with E-state index in [2.05, 4.69) is 36.6 Å². The number of amides is 2. The van der Waals surface area contributed by atoms with E-state index in [1.807, 2.05) is 17.0 Å². The maximum Gasteiger partial charge on any atom is 0.236 e. The van der Waals surface area contributed by atoms with Crippen molar-refractivity contribution in [1.82, 2.24) is 20.4 Å². The molecule has 0 radical (unpaired) electrons. The van der Waals surface area contributed by atoms with Crippen LogP contribution in [-0.4, -0.2) is 78.1 Å². The highest BCUT2D eigenvalue weighted by Crippen LogP contribution is 2.13. The van der Waals surface area contributed by atoms with Crippen LogP contribution in [0.3, 0.4) is 0 Å². The lowest BCUT2D eigenvalue weighted by atomic mass is 10.0. The Balaban J connectivity index is 1.60. The molecule has 3 N–H and O–H groups in total. The lowest BCUT2D eigenvalue weighted by Crippen LogP contribution is -2.55. The second-order valence-corrected chi connectivity index (χ2v) is 9.97. The molecular formula is C29H40F2N4O3. The first-order valence-electron chi connectivity index (χ1n) is 13.5. The van der Waals surface area contributed by atoms with Crippen molar-refractivity contribution in [1.29, 1.82) is 0 Å². The van der Waals surface area contributed by atoms with Crippen molar-refractivity contribution >= 4 is 11.8 Å². The van der Waals surface area contributed by atoms with E-state index in [0.29, 0.717) is 25.2 Å². The van der Waals surface area contributed by atoms with Crippen LogP contribution >= 0.6 is 0 Å². The molecule has 0 spiro atoms. The Kier molecular flexibility index (Phi) is 11.6. The van der Waals surface area contributed by atoms with Gasteiger partial charge >= 0.3 is 0 Å². The summed E-state index contributed by atoms with van der Waals surface area (Å²) >= 11 is 0. The summed E-state index contributed by atoms with van der Waals surface area (Å²) in [5.74, 6) is -1.78. The van der Waals surface area contributed by atoms with Crippen LogP contribution in [0.4, 0.5) is 8.78 Å². The quantitative estimate of drug-likeness (QED) is 0.350. The number of hydrogen-bond acceptors (Lipinski definition) is 5. The molecule has 9 heteroatoms. The van der Waals surface area contributed by atoms with E-state index in [9.17, 15) is 23.5 Å². The van der Waals surface area contributed by atoms with Gasteiger partial charge in [-0.3, -0.25) is 14.5 Å². The molecule has 2 aromatic rings. The van der Waals surface area contributed by atoms with E-state index in [-0.39, 0.29) is 37.9 Å². The van der Waals surface area contributed by atoms with Crippen LogP contribution in [0.1, 0.15) is 43.4 Å². The number of unbranched alkanes of at least 4 members (excludes halogenated alkanes) is 1. The first-order valence-corrected chi connectivity index (χ1v) is 13.5. The molecule has 7 nitrogen and oxygen atoms in total. The number of piperazine rings is 1. The fraction of sp³-hybridized carbons (Fsp3) is 0.517. The predicted molar refractivity (Wildman–Crippen MR) is 143 cm³/mol. The van der Waals surface area contributed by atoms with Gasteiger partial charge in [-0.2, -0.15) is 0 Å². The topological polar surface area (TPSA) is 84.9 Å². The normalized spacial score (nSPS) is 15.9. The highest BCUT2D eigenvalue weighted by atomic mass is 19.1. The van der Waals surface area contributed by atoms with Gasteiger partial charge in [-0.15, -0.1) is 0 Å². The molecule has 1 fully saturated rings. The van der Waals surface area contributed by atoms with Gasteiger partial charge < -0.3 is 20.6 Å². The molecule has 0 saturated carbocycles. The van der Waals surface area contributed by atoms with Crippen molar-refractivity contribution < 1.29 is 23.5 Å². The number of nitrogens with zero attached hydrogens (tertiary/aromatic N) is 2. The molecule has 0 aromatic heterocycles. The number of aliphatic hydroxyl groups is 1. The number of hydrogen-bond donors (Lipinski definition) is 3. The Labute approximate surface area is 224 Å². The summed E-state index contributed by atoms with van der Waals surface area (Å²) in [4.78, 5) is 29.0. The number of halogens is 2. The van der Waals surface area contributed by atoms with E-state index in [1.54, 1.807) is 4.90 Å². The van der Waals surface area contributed by atoms with Gasteiger partial charge in [0, 0.05) is 38.8 Å². The van der Waals surface area contributed by atoms with Crippen LogP contribution in [0.15, 0.2) is 42.5 Å². The van der Waals surface area contributed by atoms with E-state index in [0.717, 1.165) is 37.4 Å². The zero-order valence-electron chi connectivity index (χ0n) is 22.4. The number of carbonyl (C=O) groups excluding carboxylic acids is 2. The van der Waals surface area contributed by atoms with Crippen molar-refractivity contribution in [2.24, 2.45) is 0 Å². The van der Waals surface area contributed by atoms with E-state index in [4.69, 9.17) is 0 Å². The Bertz CT molecular complexity index is 1050. The third kappa shape index (κ3) is 9.45. The van der Waals surface area contributed by atoms with Crippen LogP contribution < -0.4 is 10.6 Å². The second kappa shape index (κ2) is 14.9. The third-order valence-corrected chi connectivity index (χ3v) is 6.82. The van der Waals surface area contributed by atoms with E-state index in [1.165, 1.54) is 17.7 Å². The SMILES string of the molecule is CCCCN1CCN(CC(=O)N[C@@H](Cc2cc(F)cc(F)c2)[C@H](O)CNCc2cccc(CC)c2)CC1=O. The molecule has 1 aliphatic rings. The van der Waals surface area contributed by atoms with Crippen molar-refractivity contribution in [2.75, 3.05) is 39.3 Å². The zero-order chi connectivity index (χ0) is 27.5. The van der Waals surface area contributed by atoms with Gasteiger partial charge in [-0.1, -0.05) is 44.5 Å². The molecule has 38 heavy (non-hydrogen) atoms. The average Bonchev–Trinajstić information content (AvgIpc) is 2.87. The summed E-state index contributed by atoms with van der Waals surface area (Å²) in [6, 6.07) is 10.5. The highest BCUT2D eigenvalue weighted by molar-refractivity contribution is 5.82. The second-order valence-electron chi connectivity index (χ2n) is 9.97. The maximum atomic E-state index is 13.8. The smallest absolute Gasteiger partial charge is 0.236 e. The minimum atomic E-state index is -1.01. The van der Waals surface area contributed by atoms with Gasteiger partial charge in [-0.05, 0) is 48.1 Å². The minimum Gasteiger partial charge on any atom is -0.390 e. The van der Waals surface area contributed by atoms with Crippen LogP contribution in [0.5, 0.6) is 0 Å². The Hall–Kier alpha value is -2.88. The van der Waals surface area contributed by atoms with Gasteiger partial charge in [-0.25, -0.2) is 8.78 Å². The number of aliphatic hydroxyl groups excluding tert-OH is 1. The molecule has 0 aliphatic carbocycles. The highest BCUT2D eigenvalue weighted by Gasteiger charge is 2.27. The number of benzene rings is 2. The van der Waals surface area contributed by atoms with Crippen molar-refractivity contribution in [2.45, 2.75) is 58.2 Å². The fourth-order valence-electron chi connectivity index (χ4n) is 4.67. The first-order chi connectivity index (χ1) is 18.3.